The van der Waals surface area contributed by atoms with E-state index in [0.29, 0.717) is 19.3 Å². The van der Waals surface area contributed by atoms with Gasteiger partial charge in [-0.2, -0.15) is 0 Å². The second kappa shape index (κ2) is 13.4. The molecule has 0 bridgehead atoms. The van der Waals surface area contributed by atoms with Gasteiger partial charge in [-0.1, -0.05) is 41.5 Å². The molecule has 0 radical (unpaired) electrons. The van der Waals surface area contributed by atoms with E-state index in [0.717, 1.165) is 32.1 Å². The van der Waals surface area contributed by atoms with Crippen molar-refractivity contribution in [3.63, 3.8) is 0 Å². The summed E-state index contributed by atoms with van der Waals surface area (Å²) in [5.41, 5.74) is -1.14. The summed E-state index contributed by atoms with van der Waals surface area (Å²) in [6, 6.07) is 0. The fourth-order valence-electron chi connectivity index (χ4n) is 9.58. The van der Waals surface area contributed by atoms with E-state index in [-0.39, 0.29) is 60.4 Å². The van der Waals surface area contributed by atoms with E-state index >= 15 is 0 Å². The summed E-state index contributed by atoms with van der Waals surface area (Å²) in [6.45, 7) is 13.9. The number of ether oxygens (including phenoxy) is 6. The third kappa shape index (κ3) is 6.54. The maximum absolute atomic E-state index is 11.5. The molecular weight excluding hydrogens is 596 g/mol. The van der Waals surface area contributed by atoms with Gasteiger partial charge >= 0.3 is 5.97 Å². The summed E-state index contributed by atoms with van der Waals surface area (Å²) in [4.78, 5) is 11.5. The quantitative estimate of drug-likeness (QED) is 0.270. The molecule has 11 heteroatoms. The van der Waals surface area contributed by atoms with Crippen LogP contribution < -0.4 is 0 Å². The molecule has 5 aliphatic heterocycles. The van der Waals surface area contributed by atoms with Gasteiger partial charge in [-0.05, 0) is 57.3 Å². The second-order valence-corrected chi connectivity index (χ2v) is 15.8. The van der Waals surface area contributed by atoms with Crippen molar-refractivity contribution in [1.29, 1.82) is 0 Å². The molecule has 11 nitrogen and oxygen atoms in total. The van der Waals surface area contributed by atoms with Gasteiger partial charge in [0.05, 0.1) is 67.0 Å². The molecule has 5 rings (SSSR count). The van der Waals surface area contributed by atoms with Crippen LogP contribution in [-0.2, 0) is 33.2 Å². The second-order valence-electron chi connectivity index (χ2n) is 15.8. The number of hydrogen-bond acceptors (Lipinski definition) is 10. The van der Waals surface area contributed by atoms with Crippen molar-refractivity contribution in [1.82, 2.24) is 0 Å². The SMILES string of the molecule is CC[C@@]1([C@@H]2O[C@@H]([C@H]3O[C@@](O)(CO)[C@H](C)C[C@@H]3C)C[C@@H]2C)CC[C@H]([C@]2(C)CC[C@]3(C[C@H](O)[C@@H](C)[C@@H]([C@@H](C)[C@H](CC(=O)O)OC)O3)O2)O1. The Morgan fingerprint density at radius 2 is 1.76 bits per heavy atom. The number of rotatable bonds is 10. The molecule has 4 N–H and O–H groups in total. The zero-order valence-electron chi connectivity index (χ0n) is 29.1. The zero-order valence-corrected chi connectivity index (χ0v) is 29.1. The van der Waals surface area contributed by atoms with Gasteiger partial charge in [0.2, 0.25) is 0 Å². The van der Waals surface area contributed by atoms with Crippen LogP contribution in [0.25, 0.3) is 0 Å². The Kier molecular flexibility index (Phi) is 10.6. The summed E-state index contributed by atoms with van der Waals surface area (Å²) in [5.74, 6) is -3.74. The summed E-state index contributed by atoms with van der Waals surface area (Å²) >= 11 is 0. The van der Waals surface area contributed by atoms with Gasteiger partial charge in [0.1, 0.15) is 0 Å². The highest BCUT2D eigenvalue weighted by Gasteiger charge is 2.62. The van der Waals surface area contributed by atoms with Crippen LogP contribution in [0.1, 0.15) is 106 Å². The molecule has 0 aromatic rings. The van der Waals surface area contributed by atoms with Crippen LogP contribution in [0.5, 0.6) is 0 Å². The lowest BCUT2D eigenvalue weighted by Gasteiger charge is -2.48. The molecule has 16 atom stereocenters. The lowest BCUT2D eigenvalue weighted by Crippen LogP contribution is -2.56. The number of aliphatic carboxylic acids is 1. The Labute approximate surface area is 274 Å². The Balaban J connectivity index is 1.28. The van der Waals surface area contributed by atoms with Crippen LogP contribution in [0, 0.1) is 29.6 Å². The van der Waals surface area contributed by atoms with Crippen LogP contribution in [0.2, 0.25) is 0 Å². The average Bonchev–Trinajstić information content (AvgIpc) is 3.72. The predicted octanol–water partition coefficient (Wildman–Crippen LogP) is 4.03. The van der Waals surface area contributed by atoms with Crippen molar-refractivity contribution >= 4 is 5.97 Å². The highest BCUT2D eigenvalue weighted by molar-refractivity contribution is 5.67. The Bertz CT molecular complexity index is 1080. The standard InChI is InChI=1S/C35H60O11/c1-9-33(31-20(3)15-26(42-31)29-19(2)14-21(4)35(40,18-36)45-29)11-10-27(43-33)32(7)12-13-34(46-32)17-24(37)22(5)30(44-34)23(6)25(41-8)16-28(38)39/h19-27,29-31,36-37,40H,9-18H2,1-8H3,(H,38,39)/t19-,20-,21+,22+,23-,24-,25-,26+,27+,29-,30-,31+,32-,33-,34+,35-/m0/s1. The molecule has 0 aromatic carbocycles. The van der Waals surface area contributed by atoms with E-state index in [2.05, 4.69) is 27.7 Å². The molecule has 0 aromatic heterocycles. The van der Waals surface area contributed by atoms with Crippen LogP contribution >= 0.6 is 0 Å². The highest BCUT2D eigenvalue weighted by Crippen LogP contribution is 2.54. The van der Waals surface area contributed by atoms with E-state index in [9.17, 15) is 25.2 Å². The first-order valence-electron chi connectivity index (χ1n) is 17.7. The van der Waals surface area contributed by atoms with E-state index in [1.807, 2.05) is 20.8 Å². The van der Waals surface area contributed by atoms with Crippen molar-refractivity contribution in [2.24, 2.45) is 29.6 Å². The van der Waals surface area contributed by atoms with E-state index in [4.69, 9.17) is 28.4 Å². The van der Waals surface area contributed by atoms with Crippen LogP contribution in [0.3, 0.4) is 0 Å². The smallest absolute Gasteiger partial charge is 0.305 e. The number of aliphatic hydroxyl groups is 3. The molecule has 1 spiro atoms. The fraction of sp³-hybridized carbons (Fsp3) is 0.971. The first-order valence-corrected chi connectivity index (χ1v) is 17.7. The lowest BCUT2D eigenvalue weighted by molar-refractivity contribution is -0.336. The van der Waals surface area contributed by atoms with Crippen LogP contribution in [0.15, 0.2) is 0 Å². The van der Waals surface area contributed by atoms with Gasteiger partial charge in [0, 0.05) is 37.7 Å². The largest absolute Gasteiger partial charge is 0.481 e. The number of methoxy groups -OCH3 is 1. The first-order chi connectivity index (χ1) is 21.5. The number of carboxylic acid groups (broad SMARTS) is 1. The van der Waals surface area contributed by atoms with E-state index in [1.165, 1.54) is 7.11 Å². The van der Waals surface area contributed by atoms with Gasteiger partial charge < -0.3 is 48.8 Å². The minimum atomic E-state index is -1.56. The van der Waals surface area contributed by atoms with Gasteiger partial charge in [-0.3, -0.25) is 4.79 Å². The molecule has 5 fully saturated rings. The number of aliphatic hydroxyl groups excluding tert-OH is 2. The molecule has 46 heavy (non-hydrogen) atoms. The third-order valence-electron chi connectivity index (χ3n) is 12.6. The average molecular weight is 657 g/mol. The Morgan fingerprint density at radius 3 is 2.39 bits per heavy atom. The van der Waals surface area contributed by atoms with Crippen LogP contribution in [-0.4, -0.2) is 106 Å². The van der Waals surface area contributed by atoms with Crippen molar-refractivity contribution in [2.75, 3.05) is 13.7 Å². The highest BCUT2D eigenvalue weighted by atomic mass is 16.7. The fourth-order valence-corrected chi connectivity index (χ4v) is 9.58. The van der Waals surface area contributed by atoms with Gasteiger partial charge in [-0.25, -0.2) is 0 Å². The number of carbonyl (C=O) groups is 1. The van der Waals surface area contributed by atoms with Gasteiger partial charge in [0.25, 0.3) is 0 Å². The van der Waals surface area contributed by atoms with Crippen molar-refractivity contribution in [3.8, 4) is 0 Å². The van der Waals surface area contributed by atoms with Crippen molar-refractivity contribution in [2.45, 2.75) is 172 Å². The molecule has 5 aliphatic rings. The summed E-state index contributed by atoms with van der Waals surface area (Å²) in [6.07, 6.45) is 2.94. The molecule has 0 saturated carbocycles. The minimum absolute atomic E-state index is 0.142. The monoisotopic (exact) mass is 656 g/mol. The molecule has 0 unspecified atom stereocenters. The third-order valence-corrected chi connectivity index (χ3v) is 12.6. The molecule has 0 amide bonds. The topological polar surface area (TPSA) is 153 Å². The minimum Gasteiger partial charge on any atom is -0.481 e. The maximum Gasteiger partial charge on any atom is 0.305 e. The zero-order chi connectivity index (χ0) is 33.8. The summed E-state index contributed by atoms with van der Waals surface area (Å²) < 4.78 is 39.2. The lowest BCUT2D eigenvalue weighted by atomic mass is 9.80. The number of hydrogen-bond donors (Lipinski definition) is 4. The van der Waals surface area contributed by atoms with E-state index in [1.54, 1.807) is 0 Å². The normalized spacial score (nSPS) is 51.0. The molecule has 266 valence electrons. The molecular formula is C35H60O11. The first kappa shape index (κ1) is 36.4. The number of carboxylic acids is 1. The Hall–Kier alpha value is -0.890. The van der Waals surface area contributed by atoms with E-state index < -0.39 is 53.7 Å². The molecule has 5 heterocycles. The maximum atomic E-state index is 11.5. The van der Waals surface area contributed by atoms with Gasteiger partial charge in [-0.15, -0.1) is 0 Å². The predicted molar refractivity (Wildman–Crippen MR) is 168 cm³/mol. The Morgan fingerprint density at radius 1 is 1.04 bits per heavy atom. The van der Waals surface area contributed by atoms with Crippen molar-refractivity contribution in [3.05, 3.63) is 0 Å². The van der Waals surface area contributed by atoms with Crippen molar-refractivity contribution < 1.29 is 53.6 Å². The van der Waals surface area contributed by atoms with Crippen LogP contribution in [0.4, 0.5) is 0 Å². The molecule has 0 aliphatic carbocycles. The summed E-state index contributed by atoms with van der Waals surface area (Å²) in [7, 11) is 1.51. The summed E-state index contributed by atoms with van der Waals surface area (Å²) in [5, 5.41) is 41.5. The van der Waals surface area contributed by atoms with Gasteiger partial charge in [0.15, 0.2) is 11.6 Å². The molecule has 5 saturated heterocycles.